The first-order valence-electron chi connectivity index (χ1n) is 4.67. The second-order valence-electron chi connectivity index (χ2n) is 4.20. The third-order valence-corrected chi connectivity index (χ3v) is 1.58. The molecule has 16 heavy (non-hydrogen) atoms. The van der Waals surface area contributed by atoms with Crippen LogP contribution in [0, 0.1) is 10.1 Å². The number of rotatable bonds is 3. The number of carbonyl (C=O) groups is 1. The zero-order valence-electron chi connectivity index (χ0n) is 9.34. The van der Waals surface area contributed by atoms with E-state index in [0.29, 0.717) is 0 Å². The molecule has 1 aromatic rings. The monoisotopic (exact) mass is 227 g/mol. The van der Waals surface area contributed by atoms with Crippen LogP contribution in [0.1, 0.15) is 20.8 Å². The summed E-state index contributed by atoms with van der Waals surface area (Å²) in [5.41, 5.74) is -0.605. The average molecular weight is 227 g/mol. The van der Waals surface area contributed by atoms with E-state index in [4.69, 9.17) is 4.74 Å². The van der Waals surface area contributed by atoms with E-state index in [1.165, 1.54) is 12.4 Å². The third kappa shape index (κ3) is 3.34. The Morgan fingerprint density at radius 2 is 2.25 bits per heavy atom. The van der Waals surface area contributed by atoms with E-state index in [9.17, 15) is 14.9 Å². The number of nitrogens with zero attached hydrogens (tertiary/aromatic N) is 3. The molecule has 0 radical (unpaired) electrons. The minimum Gasteiger partial charge on any atom is -0.458 e. The SMILES string of the molecule is CC(C)(C)OC(=O)Cn1ccnc1[N+](=O)[O-]. The molecule has 0 saturated carbocycles. The van der Waals surface area contributed by atoms with Crippen molar-refractivity contribution in [3.63, 3.8) is 0 Å². The Morgan fingerprint density at radius 1 is 1.62 bits per heavy atom. The maximum Gasteiger partial charge on any atom is 0.435 e. The smallest absolute Gasteiger partial charge is 0.435 e. The topological polar surface area (TPSA) is 87.3 Å². The number of hydrogen-bond donors (Lipinski definition) is 0. The average Bonchev–Trinajstić information content (AvgIpc) is 2.47. The lowest BCUT2D eigenvalue weighted by atomic mass is 10.2. The summed E-state index contributed by atoms with van der Waals surface area (Å²) in [6.07, 6.45) is 2.63. The molecule has 1 aromatic heterocycles. The third-order valence-electron chi connectivity index (χ3n) is 1.58. The Morgan fingerprint density at radius 3 is 2.75 bits per heavy atom. The molecule has 0 saturated heterocycles. The molecule has 1 heterocycles. The van der Waals surface area contributed by atoms with E-state index in [1.807, 2.05) is 0 Å². The minimum atomic E-state index is -0.648. The van der Waals surface area contributed by atoms with E-state index in [1.54, 1.807) is 20.8 Å². The Kier molecular flexibility index (Phi) is 3.26. The van der Waals surface area contributed by atoms with Gasteiger partial charge in [-0.3, -0.25) is 0 Å². The predicted octanol–water partition coefficient (Wildman–Crippen LogP) is 1.13. The maximum absolute atomic E-state index is 11.4. The highest BCUT2D eigenvalue weighted by atomic mass is 16.6. The molecule has 0 unspecified atom stereocenters. The van der Waals surface area contributed by atoms with Gasteiger partial charge in [-0.25, -0.2) is 9.36 Å². The predicted molar refractivity (Wildman–Crippen MR) is 54.7 cm³/mol. The molecule has 0 aliphatic heterocycles. The summed E-state index contributed by atoms with van der Waals surface area (Å²) >= 11 is 0. The zero-order valence-corrected chi connectivity index (χ0v) is 9.34. The van der Waals surface area contributed by atoms with Crippen LogP contribution in [0.4, 0.5) is 5.95 Å². The van der Waals surface area contributed by atoms with Crippen LogP contribution in [0.15, 0.2) is 12.4 Å². The molecule has 0 atom stereocenters. The van der Waals surface area contributed by atoms with Crippen LogP contribution in [-0.2, 0) is 16.1 Å². The van der Waals surface area contributed by atoms with Gasteiger partial charge in [-0.05, 0) is 25.7 Å². The first kappa shape index (κ1) is 12.2. The van der Waals surface area contributed by atoms with E-state index < -0.39 is 16.5 Å². The quantitative estimate of drug-likeness (QED) is 0.439. The van der Waals surface area contributed by atoms with Gasteiger partial charge in [0.2, 0.25) is 0 Å². The molecular weight excluding hydrogens is 214 g/mol. The Hall–Kier alpha value is -1.92. The standard InChI is InChI=1S/C9H13N3O4/c1-9(2,3)16-7(13)6-11-5-4-10-8(11)12(14)15/h4-5H,6H2,1-3H3. The van der Waals surface area contributed by atoms with Gasteiger partial charge in [0.1, 0.15) is 18.0 Å². The first-order chi connectivity index (χ1) is 7.29. The van der Waals surface area contributed by atoms with Crippen LogP contribution in [0.3, 0.4) is 0 Å². The fourth-order valence-electron chi connectivity index (χ4n) is 1.11. The summed E-state index contributed by atoms with van der Waals surface area (Å²) in [5, 5.41) is 10.5. The van der Waals surface area contributed by atoms with Crippen LogP contribution in [0.5, 0.6) is 0 Å². The van der Waals surface area contributed by atoms with Crippen LogP contribution < -0.4 is 0 Å². The van der Waals surface area contributed by atoms with Crippen LogP contribution in [0.25, 0.3) is 0 Å². The molecular formula is C9H13N3O4. The molecule has 7 nitrogen and oxygen atoms in total. The van der Waals surface area contributed by atoms with E-state index >= 15 is 0 Å². The van der Waals surface area contributed by atoms with Gasteiger partial charge in [-0.15, -0.1) is 0 Å². The van der Waals surface area contributed by atoms with Crippen LogP contribution in [-0.4, -0.2) is 26.0 Å². The first-order valence-corrected chi connectivity index (χ1v) is 4.67. The van der Waals surface area contributed by atoms with Crippen molar-refractivity contribution in [3.8, 4) is 0 Å². The number of nitro groups is 1. The largest absolute Gasteiger partial charge is 0.458 e. The number of imidazole rings is 1. The summed E-state index contributed by atoms with van der Waals surface area (Å²) in [7, 11) is 0. The van der Waals surface area contributed by atoms with Crippen molar-refractivity contribution in [3.05, 3.63) is 22.5 Å². The highest BCUT2D eigenvalue weighted by molar-refractivity contribution is 5.70. The molecule has 0 spiro atoms. The summed E-state index contributed by atoms with van der Waals surface area (Å²) in [4.78, 5) is 24.8. The second-order valence-corrected chi connectivity index (χ2v) is 4.20. The van der Waals surface area contributed by atoms with Crippen molar-refractivity contribution in [2.24, 2.45) is 0 Å². The molecule has 1 rings (SSSR count). The van der Waals surface area contributed by atoms with Gasteiger partial charge in [0, 0.05) is 0 Å². The Balaban J connectivity index is 2.70. The Bertz CT molecular complexity index is 405. The summed E-state index contributed by atoms with van der Waals surface area (Å²) < 4.78 is 6.17. The van der Waals surface area contributed by atoms with Gasteiger partial charge < -0.3 is 14.9 Å². The lowest BCUT2D eigenvalue weighted by Crippen LogP contribution is -2.26. The lowest BCUT2D eigenvalue weighted by molar-refractivity contribution is -0.396. The molecule has 0 amide bonds. The fourth-order valence-corrected chi connectivity index (χ4v) is 1.11. The van der Waals surface area contributed by atoms with Gasteiger partial charge in [-0.2, -0.15) is 0 Å². The van der Waals surface area contributed by atoms with Gasteiger partial charge in [0.15, 0.2) is 6.54 Å². The summed E-state index contributed by atoms with van der Waals surface area (Å²) in [5.74, 6) is -0.903. The van der Waals surface area contributed by atoms with Crippen LogP contribution >= 0.6 is 0 Å². The van der Waals surface area contributed by atoms with Crippen molar-refractivity contribution in [1.82, 2.24) is 9.55 Å². The van der Waals surface area contributed by atoms with Gasteiger partial charge in [0.25, 0.3) is 0 Å². The van der Waals surface area contributed by atoms with E-state index in [-0.39, 0.29) is 12.5 Å². The maximum atomic E-state index is 11.4. The molecule has 0 aromatic carbocycles. The summed E-state index contributed by atoms with van der Waals surface area (Å²) in [6, 6.07) is 0. The minimum absolute atomic E-state index is 0.215. The van der Waals surface area contributed by atoms with Crippen molar-refractivity contribution in [2.75, 3.05) is 0 Å². The van der Waals surface area contributed by atoms with Crippen molar-refractivity contribution >= 4 is 11.9 Å². The lowest BCUT2D eigenvalue weighted by Gasteiger charge is -2.18. The summed E-state index contributed by atoms with van der Waals surface area (Å²) in [6.45, 7) is 4.97. The van der Waals surface area contributed by atoms with Gasteiger partial charge >= 0.3 is 11.9 Å². The Labute approximate surface area is 92.2 Å². The number of aromatic nitrogens is 2. The van der Waals surface area contributed by atoms with Crippen LogP contribution in [0.2, 0.25) is 0 Å². The van der Waals surface area contributed by atoms with Crippen molar-refractivity contribution in [2.45, 2.75) is 32.9 Å². The number of hydrogen-bond acceptors (Lipinski definition) is 5. The molecule has 0 aliphatic carbocycles. The normalized spacial score (nSPS) is 11.2. The number of carbonyl (C=O) groups excluding carboxylic acids is 1. The van der Waals surface area contributed by atoms with Crippen molar-refractivity contribution in [1.29, 1.82) is 0 Å². The molecule has 88 valence electrons. The highest BCUT2D eigenvalue weighted by Gasteiger charge is 2.21. The van der Waals surface area contributed by atoms with E-state index in [0.717, 1.165) is 4.57 Å². The van der Waals surface area contributed by atoms with E-state index in [2.05, 4.69) is 4.98 Å². The molecule has 0 bridgehead atoms. The molecule has 0 fully saturated rings. The fraction of sp³-hybridized carbons (Fsp3) is 0.556. The second kappa shape index (κ2) is 4.30. The van der Waals surface area contributed by atoms with Gasteiger partial charge in [0.05, 0.1) is 0 Å². The molecule has 0 aliphatic rings. The van der Waals surface area contributed by atoms with Crippen molar-refractivity contribution < 1.29 is 14.5 Å². The molecule has 7 heteroatoms. The molecule has 0 N–H and O–H groups in total. The number of esters is 1. The zero-order chi connectivity index (χ0) is 12.3. The van der Waals surface area contributed by atoms with Gasteiger partial charge in [-0.1, -0.05) is 4.98 Å². The highest BCUT2D eigenvalue weighted by Crippen LogP contribution is 2.11. The number of ether oxygens (including phenoxy) is 1.